The van der Waals surface area contributed by atoms with E-state index >= 15 is 0 Å². The molecular formula is C23H36N4O6. The van der Waals surface area contributed by atoms with Crippen molar-refractivity contribution >= 4 is 23.7 Å². The van der Waals surface area contributed by atoms with Crippen molar-refractivity contribution in [3.8, 4) is 5.75 Å². The summed E-state index contributed by atoms with van der Waals surface area (Å²) in [5.41, 5.74) is 6.42. The Bertz CT molecular complexity index is 827. The molecule has 3 amide bonds. The molecule has 0 radical (unpaired) electrons. The van der Waals surface area contributed by atoms with Crippen molar-refractivity contribution in [1.29, 1.82) is 0 Å². The van der Waals surface area contributed by atoms with E-state index in [2.05, 4.69) is 16.0 Å². The molecular weight excluding hydrogens is 428 g/mol. The Morgan fingerprint density at radius 3 is 1.97 bits per heavy atom. The Morgan fingerprint density at radius 1 is 0.909 bits per heavy atom. The summed E-state index contributed by atoms with van der Waals surface area (Å²) in [4.78, 5) is 49.5. The summed E-state index contributed by atoms with van der Waals surface area (Å²) in [6, 6.07) is 2.06. The lowest BCUT2D eigenvalue weighted by atomic mass is 9.97. The van der Waals surface area contributed by atoms with E-state index in [4.69, 9.17) is 5.73 Å². The van der Waals surface area contributed by atoms with Crippen LogP contribution in [-0.4, -0.2) is 58.1 Å². The molecule has 1 aromatic carbocycles. The molecule has 1 rings (SSSR count). The number of carbonyl (C=O) groups is 4. The van der Waals surface area contributed by atoms with Crippen LogP contribution < -0.4 is 21.7 Å². The van der Waals surface area contributed by atoms with Gasteiger partial charge in [-0.15, -0.1) is 0 Å². The third-order valence-electron chi connectivity index (χ3n) is 5.56. The van der Waals surface area contributed by atoms with Crippen molar-refractivity contribution in [2.75, 3.05) is 0 Å². The standard InChI is InChI=1S/C23H36N4O6/c1-6-13(4)19(27-20(29)14(5)25-21(30)18(24)12(2)3)22(31)26-17(23(32)33)11-15-7-9-16(28)10-8-15/h7-10,12-14,17-19,28H,6,11,24H2,1-5H3,(H,25,30)(H,26,31)(H,27,29)(H,32,33). The molecule has 0 heterocycles. The molecule has 5 unspecified atom stereocenters. The van der Waals surface area contributed by atoms with E-state index in [1.54, 1.807) is 32.9 Å². The molecule has 0 aliphatic rings. The van der Waals surface area contributed by atoms with E-state index in [1.165, 1.54) is 19.1 Å². The van der Waals surface area contributed by atoms with Gasteiger partial charge in [-0.25, -0.2) is 4.79 Å². The minimum Gasteiger partial charge on any atom is -0.508 e. The van der Waals surface area contributed by atoms with E-state index in [-0.39, 0.29) is 24.0 Å². The monoisotopic (exact) mass is 464 g/mol. The van der Waals surface area contributed by atoms with E-state index in [9.17, 15) is 29.4 Å². The predicted octanol–water partition coefficient (Wildman–Crippen LogP) is 0.523. The molecule has 0 aliphatic carbocycles. The lowest BCUT2D eigenvalue weighted by molar-refractivity contribution is -0.142. The van der Waals surface area contributed by atoms with Crippen LogP contribution in [0.2, 0.25) is 0 Å². The number of rotatable bonds is 12. The van der Waals surface area contributed by atoms with Gasteiger partial charge in [0.1, 0.15) is 23.9 Å². The van der Waals surface area contributed by atoms with Crippen molar-refractivity contribution in [1.82, 2.24) is 16.0 Å². The number of phenolic OH excluding ortho intramolecular Hbond substituents is 1. The van der Waals surface area contributed by atoms with Gasteiger partial charge in [-0.1, -0.05) is 46.2 Å². The second-order valence-electron chi connectivity index (χ2n) is 8.64. The van der Waals surface area contributed by atoms with Gasteiger partial charge >= 0.3 is 5.97 Å². The molecule has 7 N–H and O–H groups in total. The van der Waals surface area contributed by atoms with Gasteiger partial charge in [0, 0.05) is 6.42 Å². The molecule has 184 valence electrons. The van der Waals surface area contributed by atoms with Crippen molar-refractivity contribution in [3.05, 3.63) is 29.8 Å². The van der Waals surface area contributed by atoms with Gasteiger partial charge < -0.3 is 31.9 Å². The number of carbonyl (C=O) groups excluding carboxylic acids is 3. The van der Waals surface area contributed by atoms with Crippen LogP contribution in [0.4, 0.5) is 0 Å². The van der Waals surface area contributed by atoms with Crippen molar-refractivity contribution < 1.29 is 29.4 Å². The Morgan fingerprint density at radius 2 is 1.48 bits per heavy atom. The summed E-state index contributed by atoms with van der Waals surface area (Å²) < 4.78 is 0. The molecule has 0 fully saturated rings. The molecule has 0 spiro atoms. The fourth-order valence-electron chi connectivity index (χ4n) is 2.99. The Hall–Kier alpha value is -3.14. The van der Waals surface area contributed by atoms with Gasteiger partial charge in [0.2, 0.25) is 17.7 Å². The lowest BCUT2D eigenvalue weighted by Gasteiger charge is -2.27. The summed E-state index contributed by atoms with van der Waals surface area (Å²) in [6.45, 7) is 8.66. The van der Waals surface area contributed by atoms with Crippen molar-refractivity contribution in [2.45, 2.75) is 71.6 Å². The van der Waals surface area contributed by atoms with E-state index in [0.29, 0.717) is 12.0 Å². The minimum absolute atomic E-state index is 0.00206. The highest BCUT2D eigenvalue weighted by atomic mass is 16.4. The molecule has 0 aliphatic heterocycles. The average Bonchev–Trinajstić information content (AvgIpc) is 2.76. The minimum atomic E-state index is -1.23. The summed E-state index contributed by atoms with van der Waals surface area (Å²) >= 11 is 0. The first-order chi connectivity index (χ1) is 15.4. The van der Waals surface area contributed by atoms with E-state index < -0.39 is 47.9 Å². The molecule has 0 bridgehead atoms. The maximum Gasteiger partial charge on any atom is 0.326 e. The first-order valence-electron chi connectivity index (χ1n) is 11.0. The number of nitrogens with two attached hydrogens (primary N) is 1. The molecule has 0 aromatic heterocycles. The van der Waals surface area contributed by atoms with Gasteiger partial charge in [0.05, 0.1) is 6.04 Å². The Balaban J connectivity index is 2.89. The predicted molar refractivity (Wildman–Crippen MR) is 123 cm³/mol. The molecule has 10 nitrogen and oxygen atoms in total. The third-order valence-corrected chi connectivity index (χ3v) is 5.56. The fourth-order valence-corrected chi connectivity index (χ4v) is 2.99. The number of phenols is 1. The van der Waals surface area contributed by atoms with Crippen LogP contribution >= 0.6 is 0 Å². The summed E-state index contributed by atoms with van der Waals surface area (Å²) in [5.74, 6) is -3.28. The van der Waals surface area contributed by atoms with Crippen LogP contribution in [0.15, 0.2) is 24.3 Å². The van der Waals surface area contributed by atoms with Crippen LogP contribution in [0.3, 0.4) is 0 Å². The van der Waals surface area contributed by atoms with Crippen LogP contribution in [-0.2, 0) is 25.6 Å². The largest absolute Gasteiger partial charge is 0.508 e. The number of aliphatic carboxylic acids is 1. The number of carboxylic acids is 1. The molecule has 0 saturated heterocycles. The van der Waals surface area contributed by atoms with Gasteiger partial charge in [-0.2, -0.15) is 0 Å². The number of aromatic hydroxyl groups is 1. The molecule has 1 aromatic rings. The first-order valence-corrected chi connectivity index (χ1v) is 11.0. The highest BCUT2D eigenvalue weighted by molar-refractivity contribution is 5.94. The van der Waals surface area contributed by atoms with Crippen LogP contribution in [0, 0.1) is 11.8 Å². The lowest BCUT2D eigenvalue weighted by Crippen LogP contribution is -2.58. The number of benzene rings is 1. The Labute approximate surface area is 194 Å². The highest BCUT2D eigenvalue weighted by Crippen LogP contribution is 2.13. The summed E-state index contributed by atoms with van der Waals surface area (Å²) in [7, 11) is 0. The quantitative estimate of drug-likeness (QED) is 0.262. The van der Waals surface area contributed by atoms with Gasteiger partial charge in [0.25, 0.3) is 0 Å². The average molecular weight is 465 g/mol. The second-order valence-corrected chi connectivity index (χ2v) is 8.64. The zero-order chi connectivity index (χ0) is 25.3. The maximum absolute atomic E-state index is 12.9. The Kier molecular flexibility index (Phi) is 10.8. The topological polar surface area (TPSA) is 171 Å². The van der Waals surface area contributed by atoms with Crippen LogP contribution in [0.1, 0.15) is 46.6 Å². The van der Waals surface area contributed by atoms with Gasteiger partial charge in [-0.05, 0) is 36.5 Å². The highest BCUT2D eigenvalue weighted by Gasteiger charge is 2.31. The SMILES string of the molecule is CCC(C)C(NC(=O)C(C)NC(=O)C(N)C(C)C)C(=O)NC(Cc1ccc(O)cc1)C(=O)O. The molecule has 0 saturated carbocycles. The van der Waals surface area contributed by atoms with Crippen LogP contribution in [0.5, 0.6) is 5.75 Å². The van der Waals surface area contributed by atoms with Gasteiger partial charge in [-0.3, -0.25) is 14.4 Å². The first kappa shape index (κ1) is 27.9. The summed E-state index contributed by atoms with van der Waals surface area (Å²) in [6.07, 6.45) is 0.551. The smallest absolute Gasteiger partial charge is 0.326 e. The number of hydrogen-bond acceptors (Lipinski definition) is 6. The van der Waals surface area contributed by atoms with Crippen molar-refractivity contribution in [2.24, 2.45) is 17.6 Å². The number of carboxylic acid groups (broad SMARTS) is 1. The van der Waals surface area contributed by atoms with E-state index in [0.717, 1.165) is 0 Å². The molecule has 33 heavy (non-hydrogen) atoms. The van der Waals surface area contributed by atoms with E-state index in [1.807, 2.05) is 6.92 Å². The molecule has 10 heteroatoms. The normalized spacial score (nSPS) is 15.6. The van der Waals surface area contributed by atoms with Crippen molar-refractivity contribution in [3.63, 3.8) is 0 Å². The third kappa shape index (κ3) is 8.72. The summed E-state index contributed by atoms with van der Waals surface area (Å²) in [5, 5.41) is 26.6. The van der Waals surface area contributed by atoms with Crippen LogP contribution in [0.25, 0.3) is 0 Å². The second kappa shape index (κ2) is 12.8. The number of amides is 3. The maximum atomic E-state index is 12.9. The number of hydrogen-bond donors (Lipinski definition) is 6. The fraction of sp³-hybridized carbons (Fsp3) is 0.565. The van der Waals surface area contributed by atoms with Gasteiger partial charge in [0.15, 0.2) is 0 Å². The number of nitrogens with one attached hydrogen (secondary N) is 3. The zero-order valence-corrected chi connectivity index (χ0v) is 19.8. The zero-order valence-electron chi connectivity index (χ0n) is 19.8. The molecule has 5 atom stereocenters.